The van der Waals surface area contributed by atoms with Gasteiger partial charge in [-0.05, 0) is 30.3 Å². The van der Waals surface area contributed by atoms with E-state index in [0.29, 0.717) is 22.7 Å². The average molecular weight is 292 g/mol. The van der Waals surface area contributed by atoms with Gasteiger partial charge in [0, 0.05) is 11.5 Å². The highest BCUT2D eigenvalue weighted by molar-refractivity contribution is 5.84. The van der Waals surface area contributed by atoms with E-state index in [1.54, 1.807) is 19.2 Å². The van der Waals surface area contributed by atoms with Crippen molar-refractivity contribution in [2.24, 2.45) is 0 Å². The molecule has 0 aliphatic carbocycles. The molecule has 0 spiro atoms. The summed E-state index contributed by atoms with van der Waals surface area (Å²) in [4.78, 5) is 19.8. The summed E-state index contributed by atoms with van der Waals surface area (Å²) in [5.41, 5.74) is 2.16. The number of aromatic amines is 1. The largest absolute Gasteiger partial charge is 0.497 e. The number of rotatable bonds is 2. The molecule has 0 saturated carbocycles. The first-order chi connectivity index (χ1) is 10.7. The van der Waals surface area contributed by atoms with Crippen molar-refractivity contribution in [2.75, 3.05) is 7.11 Å². The standard InChI is InChI=1S/C17H12N2O3/c1-21-11-7-6-10-8-12(17(20)22-15(10)9-11)16-18-13-4-2-3-5-14(13)19-16/h2-9H,1H3,(H,18,19). The number of hydrogen-bond acceptors (Lipinski definition) is 4. The highest BCUT2D eigenvalue weighted by Gasteiger charge is 2.12. The average Bonchev–Trinajstić information content (AvgIpc) is 2.97. The van der Waals surface area contributed by atoms with Gasteiger partial charge < -0.3 is 14.1 Å². The van der Waals surface area contributed by atoms with E-state index >= 15 is 0 Å². The number of nitrogens with zero attached hydrogens (tertiary/aromatic N) is 1. The van der Waals surface area contributed by atoms with Gasteiger partial charge in [-0.3, -0.25) is 0 Å². The molecule has 4 aromatic rings. The third kappa shape index (κ3) is 1.95. The van der Waals surface area contributed by atoms with Gasteiger partial charge in [-0.2, -0.15) is 0 Å². The molecule has 108 valence electrons. The van der Waals surface area contributed by atoms with Gasteiger partial charge in [0.1, 0.15) is 22.7 Å². The van der Waals surface area contributed by atoms with Crippen molar-refractivity contribution in [3.8, 4) is 17.1 Å². The smallest absolute Gasteiger partial charge is 0.347 e. The van der Waals surface area contributed by atoms with Crippen molar-refractivity contribution in [3.05, 3.63) is 59.0 Å². The molecule has 0 aliphatic heterocycles. The second-order valence-electron chi connectivity index (χ2n) is 4.95. The zero-order chi connectivity index (χ0) is 15.1. The molecule has 0 atom stereocenters. The zero-order valence-electron chi connectivity index (χ0n) is 11.8. The summed E-state index contributed by atoms with van der Waals surface area (Å²) in [5.74, 6) is 1.15. The van der Waals surface area contributed by atoms with Crippen molar-refractivity contribution in [3.63, 3.8) is 0 Å². The summed E-state index contributed by atoms with van der Waals surface area (Å²) in [6.07, 6.45) is 0. The number of benzene rings is 2. The summed E-state index contributed by atoms with van der Waals surface area (Å²) in [5, 5.41) is 0.816. The fourth-order valence-corrected chi connectivity index (χ4v) is 2.46. The first kappa shape index (κ1) is 12.6. The molecule has 0 bridgehead atoms. The summed E-state index contributed by atoms with van der Waals surface area (Å²) in [6.45, 7) is 0. The molecule has 2 heterocycles. The minimum absolute atomic E-state index is 0.411. The summed E-state index contributed by atoms with van der Waals surface area (Å²) in [6, 6.07) is 14.8. The van der Waals surface area contributed by atoms with Crippen LogP contribution in [0.1, 0.15) is 0 Å². The second-order valence-corrected chi connectivity index (χ2v) is 4.95. The van der Waals surface area contributed by atoms with Crippen LogP contribution in [0.5, 0.6) is 5.75 Å². The summed E-state index contributed by atoms with van der Waals surface area (Å²) in [7, 11) is 1.57. The summed E-state index contributed by atoms with van der Waals surface area (Å²) >= 11 is 0. The topological polar surface area (TPSA) is 68.1 Å². The van der Waals surface area contributed by atoms with Crippen molar-refractivity contribution in [1.29, 1.82) is 0 Å². The maximum atomic E-state index is 12.2. The quantitative estimate of drug-likeness (QED) is 0.575. The number of aromatic nitrogens is 2. The Kier molecular flexibility index (Phi) is 2.72. The van der Waals surface area contributed by atoms with E-state index in [4.69, 9.17) is 9.15 Å². The number of para-hydroxylation sites is 2. The molecule has 0 unspecified atom stereocenters. The Morgan fingerprint density at radius 1 is 1.14 bits per heavy atom. The molecule has 4 rings (SSSR count). The molecule has 0 fully saturated rings. The van der Waals surface area contributed by atoms with Crippen molar-refractivity contribution in [2.45, 2.75) is 0 Å². The number of nitrogens with one attached hydrogen (secondary N) is 1. The van der Waals surface area contributed by atoms with Crippen molar-refractivity contribution >= 4 is 22.0 Å². The molecule has 2 aromatic carbocycles. The molecule has 5 nitrogen and oxygen atoms in total. The van der Waals surface area contributed by atoms with Crippen molar-refractivity contribution < 1.29 is 9.15 Å². The van der Waals surface area contributed by atoms with Gasteiger partial charge >= 0.3 is 5.63 Å². The fraction of sp³-hybridized carbons (Fsp3) is 0.0588. The van der Waals surface area contributed by atoms with E-state index < -0.39 is 5.63 Å². The monoisotopic (exact) mass is 292 g/mol. The molecule has 2 aromatic heterocycles. The third-order valence-corrected chi connectivity index (χ3v) is 3.59. The lowest BCUT2D eigenvalue weighted by molar-refractivity contribution is 0.414. The Morgan fingerprint density at radius 3 is 2.82 bits per heavy atom. The number of hydrogen-bond donors (Lipinski definition) is 1. The van der Waals surface area contributed by atoms with Crippen LogP contribution in [0.15, 0.2) is 57.7 Å². The van der Waals surface area contributed by atoms with Gasteiger partial charge in [0.25, 0.3) is 0 Å². The Hall–Kier alpha value is -3.08. The van der Waals surface area contributed by atoms with E-state index in [9.17, 15) is 4.79 Å². The number of methoxy groups -OCH3 is 1. The van der Waals surface area contributed by atoms with Crippen LogP contribution in [-0.4, -0.2) is 17.1 Å². The van der Waals surface area contributed by atoms with Gasteiger partial charge in [0.15, 0.2) is 0 Å². The summed E-state index contributed by atoms with van der Waals surface area (Å²) < 4.78 is 10.5. The first-order valence-corrected chi connectivity index (χ1v) is 6.81. The normalized spacial score (nSPS) is 11.1. The van der Waals surface area contributed by atoms with E-state index in [-0.39, 0.29) is 0 Å². The van der Waals surface area contributed by atoms with Gasteiger partial charge in [-0.15, -0.1) is 0 Å². The molecule has 0 amide bonds. The Bertz CT molecular complexity index is 1010. The van der Waals surface area contributed by atoms with Crippen LogP contribution in [0.25, 0.3) is 33.4 Å². The lowest BCUT2D eigenvalue weighted by atomic mass is 10.1. The van der Waals surface area contributed by atoms with Crippen LogP contribution < -0.4 is 10.4 Å². The van der Waals surface area contributed by atoms with Crippen LogP contribution >= 0.6 is 0 Å². The zero-order valence-corrected chi connectivity index (χ0v) is 11.8. The lowest BCUT2D eigenvalue weighted by Gasteiger charge is -2.02. The minimum Gasteiger partial charge on any atom is -0.497 e. The SMILES string of the molecule is COc1ccc2cc(-c3nc4ccccc4[nH]3)c(=O)oc2c1. The maximum absolute atomic E-state index is 12.2. The van der Waals surface area contributed by atoms with Crippen LogP contribution in [0.4, 0.5) is 0 Å². The Morgan fingerprint density at radius 2 is 2.00 bits per heavy atom. The second kappa shape index (κ2) is 4.73. The number of H-pyrrole nitrogens is 1. The number of ether oxygens (including phenoxy) is 1. The van der Waals surface area contributed by atoms with Crippen LogP contribution in [0, 0.1) is 0 Å². The van der Waals surface area contributed by atoms with Gasteiger partial charge in [0.05, 0.1) is 18.1 Å². The van der Waals surface area contributed by atoms with Crippen LogP contribution in [-0.2, 0) is 0 Å². The van der Waals surface area contributed by atoms with Crippen LogP contribution in [0.3, 0.4) is 0 Å². The molecular weight excluding hydrogens is 280 g/mol. The predicted octanol–water partition coefficient (Wildman–Crippen LogP) is 3.34. The number of fused-ring (bicyclic) bond motifs is 2. The molecule has 22 heavy (non-hydrogen) atoms. The van der Waals surface area contributed by atoms with E-state index in [1.807, 2.05) is 36.4 Å². The molecule has 5 heteroatoms. The highest BCUT2D eigenvalue weighted by atomic mass is 16.5. The third-order valence-electron chi connectivity index (χ3n) is 3.59. The van der Waals surface area contributed by atoms with E-state index in [1.165, 1.54) is 0 Å². The lowest BCUT2D eigenvalue weighted by Crippen LogP contribution is -2.03. The van der Waals surface area contributed by atoms with Gasteiger partial charge in [0.2, 0.25) is 0 Å². The van der Waals surface area contributed by atoms with Gasteiger partial charge in [-0.1, -0.05) is 12.1 Å². The molecule has 0 radical (unpaired) electrons. The first-order valence-electron chi connectivity index (χ1n) is 6.81. The minimum atomic E-state index is -0.431. The van der Waals surface area contributed by atoms with E-state index in [2.05, 4.69) is 9.97 Å². The van der Waals surface area contributed by atoms with E-state index in [0.717, 1.165) is 16.4 Å². The maximum Gasteiger partial charge on any atom is 0.347 e. The fourth-order valence-electron chi connectivity index (χ4n) is 2.46. The molecular formula is C17H12N2O3. The molecule has 0 saturated heterocycles. The number of imidazole rings is 1. The predicted molar refractivity (Wildman–Crippen MR) is 84.1 cm³/mol. The van der Waals surface area contributed by atoms with Crippen LogP contribution in [0.2, 0.25) is 0 Å². The van der Waals surface area contributed by atoms with Gasteiger partial charge in [-0.25, -0.2) is 9.78 Å². The highest BCUT2D eigenvalue weighted by Crippen LogP contribution is 2.24. The van der Waals surface area contributed by atoms with Crippen molar-refractivity contribution in [1.82, 2.24) is 9.97 Å². The molecule has 0 aliphatic rings. The Balaban J connectivity index is 1.94. The molecule has 1 N–H and O–H groups in total. The Labute approximate surface area is 125 Å².